The van der Waals surface area contributed by atoms with Gasteiger partial charge in [-0.05, 0) is 23.3 Å². The van der Waals surface area contributed by atoms with E-state index in [9.17, 15) is 0 Å². The zero-order chi connectivity index (χ0) is 13.2. The lowest BCUT2D eigenvalue weighted by Crippen LogP contribution is -1.97. The van der Waals surface area contributed by atoms with Crippen molar-refractivity contribution in [3.63, 3.8) is 0 Å². The van der Waals surface area contributed by atoms with E-state index in [1.165, 1.54) is 5.56 Å². The molecule has 19 heavy (non-hydrogen) atoms. The Hall–Kier alpha value is -1.67. The Bertz CT molecular complexity index is 595. The van der Waals surface area contributed by atoms with E-state index in [0.717, 1.165) is 35.7 Å². The maximum absolute atomic E-state index is 6.60. The van der Waals surface area contributed by atoms with Crippen molar-refractivity contribution in [2.24, 2.45) is 0 Å². The molecule has 0 fully saturated rings. The monoisotopic (exact) mass is 274 g/mol. The summed E-state index contributed by atoms with van der Waals surface area (Å²) in [5.74, 6) is 1.80. The van der Waals surface area contributed by atoms with E-state index in [4.69, 9.17) is 21.1 Å². The van der Waals surface area contributed by atoms with Gasteiger partial charge in [-0.25, -0.2) is 0 Å². The van der Waals surface area contributed by atoms with Gasteiger partial charge < -0.3 is 9.47 Å². The van der Waals surface area contributed by atoms with Crippen molar-refractivity contribution in [2.75, 3.05) is 13.7 Å². The second kappa shape index (κ2) is 5.14. The molecule has 0 radical (unpaired) electrons. The fourth-order valence-corrected chi connectivity index (χ4v) is 2.74. The molecule has 0 amide bonds. The number of fused-ring (bicyclic) bond motifs is 1. The highest BCUT2D eigenvalue weighted by Crippen LogP contribution is 2.37. The van der Waals surface area contributed by atoms with E-state index < -0.39 is 0 Å². The Morgan fingerprint density at radius 3 is 2.89 bits per heavy atom. The van der Waals surface area contributed by atoms with Crippen LogP contribution >= 0.6 is 11.6 Å². The van der Waals surface area contributed by atoms with Gasteiger partial charge in [-0.3, -0.25) is 0 Å². The molecule has 3 heteroatoms. The standard InChI is InChI=1S/C16H15ClO2/c1-18-15-5-3-2-4-13(15)16(17)12-6-7-14-11(10-12)8-9-19-14/h2-7,10,16H,8-9H2,1H3. The third-order valence-electron chi connectivity index (χ3n) is 3.42. The summed E-state index contributed by atoms with van der Waals surface area (Å²) in [5.41, 5.74) is 3.30. The molecular weight excluding hydrogens is 260 g/mol. The van der Waals surface area contributed by atoms with E-state index in [0.29, 0.717) is 0 Å². The predicted molar refractivity (Wildman–Crippen MR) is 76.3 cm³/mol. The van der Waals surface area contributed by atoms with Gasteiger partial charge in [0.1, 0.15) is 11.5 Å². The molecule has 1 aliphatic heterocycles. The van der Waals surface area contributed by atoms with Gasteiger partial charge in [0, 0.05) is 12.0 Å². The molecule has 2 aromatic carbocycles. The summed E-state index contributed by atoms with van der Waals surface area (Å²) < 4.78 is 10.9. The highest BCUT2D eigenvalue weighted by Gasteiger charge is 2.18. The summed E-state index contributed by atoms with van der Waals surface area (Å²) >= 11 is 6.60. The summed E-state index contributed by atoms with van der Waals surface area (Å²) in [4.78, 5) is 0. The summed E-state index contributed by atoms with van der Waals surface area (Å²) in [7, 11) is 1.67. The Morgan fingerprint density at radius 2 is 2.05 bits per heavy atom. The number of benzene rings is 2. The number of methoxy groups -OCH3 is 1. The first kappa shape index (κ1) is 12.4. The third kappa shape index (κ3) is 2.28. The first-order valence-corrected chi connectivity index (χ1v) is 6.76. The highest BCUT2D eigenvalue weighted by molar-refractivity contribution is 6.22. The average molecular weight is 275 g/mol. The van der Waals surface area contributed by atoms with Crippen LogP contribution in [0.3, 0.4) is 0 Å². The van der Waals surface area contributed by atoms with Gasteiger partial charge in [0.15, 0.2) is 0 Å². The fraction of sp³-hybridized carbons (Fsp3) is 0.250. The quantitative estimate of drug-likeness (QED) is 0.789. The average Bonchev–Trinajstić information content (AvgIpc) is 2.93. The smallest absolute Gasteiger partial charge is 0.123 e. The molecule has 0 N–H and O–H groups in total. The van der Waals surface area contributed by atoms with Crippen LogP contribution in [0.4, 0.5) is 0 Å². The molecule has 2 nitrogen and oxygen atoms in total. The molecule has 2 aromatic rings. The summed E-state index contributed by atoms with van der Waals surface area (Å²) in [6.45, 7) is 0.764. The van der Waals surface area contributed by atoms with Crippen LogP contribution in [0.2, 0.25) is 0 Å². The number of hydrogen-bond donors (Lipinski definition) is 0. The van der Waals surface area contributed by atoms with Crippen LogP contribution in [-0.2, 0) is 6.42 Å². The number of alkyl halides is 1. The molecule has 98 valence electrons. The lowest BCUT2D eigenvalue weighted by Gasteiger charge is -2.15. The second-order valence-electron chi connectivity index (χ2n) is 4.57. The molecule has 3 rings (SSSR count). The second-order valence-corrected chi connectivity index (χ2v) is 5.01. The van der Waals surface area contributed by atoms with Gasteiger partial charge in [0.25, 0.3) is 0 Å². The number of para-hydroxylation sites is 1. The number of rotatable bonds is 3. The van der Waals surface area contributed by atoms with E-state index in [1.54, 1.807) is 7.11 Å². The molecule has 0 spiro atoms. The zero-order valence-electron chi connectivity index (χ0n) is 10.7. The van der Waals surface area contributed by atoms with Crippen molar-refractivity contribution in [3.05, 3.63) is 59.2 Å². The van der Waals surface area contributed by atoms with E-state index in [-0.39, 0.29) is 5.38 Å². The maximum atomic E-state index is 6.60. The summed E-state index contributed by atoms with van der Waals surface area (Å²) in [6, 6.07) is 14.0. The van der Waals surface area contributed by atoms with Crippen LogP contribution in [0.1, 0.15) is 22.1 Å². The molecule has 1 atom stereocenters. The normalized spacial score (nSPS) is 14.6. The van der Waals surface area contributed by atoms with Crippen molar-refractivity contribution in [2.45, 2.75) is 11.8 Å². The van der Waals surface area contributed by atoms with Gasteiger partial charge in [-0.15, -0.1) is 11.6 Å². The SMILES string of the molecule is COc1ccccc1C(Cl)c1ccc2c(c1)CCO2. The lowest BCUT2D eigenvalue weighted by atomic mass is 10.0. The van der Waals surface area contributed by atoms with Gasteiger partial charge in [-0.2, -0.15) is 0 Å². The van der Waals surface area contributed by atoms with Crippen LogP contribution in [0.25, 0.3) is 0 Å². The molecule has 1 heterocycles. The minimum absolute atomic E-state index is 0.206. The number of ether oxygens (including phenoxy) is 2. The first-order valence-electron chi connectivity index (χ1n) is 6.32. The first-order chi connectivity index (χ1) is 9.29. The van der Waals surface area contributed by atoms with Crippen LogP contribution in [-0.4, -0.2) is 13.7 Å². The molecule has 0 saturated heterocycles. The zero-order valence-corrected chi connectivity index (χ0v) is 11.5. The Labute approximate surface area is 117 Å². The number of halogens is 1. The third-order valence-corrected chi connectivity index (χ3v) is 3.91. The fourth-order valence-electron chi connectivity index (χ4n) is 2.42. The number of hydrogen-bond acceptors (Lipinski definition) is 2. The molecule has 0 aromatic heterocycles. The molecular formula is C16H15ClO2. The van der Waals surface area contributed by atoms with Crippen molar-refractivity contribution in [3.8, 4) is 11.5 Å². The van der Waals surface area contributed by atoms with Gasteiger partial charge in [0.2, 0.25) is 0 Å². The Kier molecular flexibility index (Phi) is 3.34. The van der Waals surface area contributed by atoms with E-state index in [2.05, 4.69) is 6.07 Å². The van der Waals surface area contributed by atoms with Crippen LogP contribution in [0.15, 0.2) is 42.5 Å². The molecule has 0 saturated carbocycles. The maximum Gasteiger partial charge on any atom is 0.123 e. The predicted octanol–water partition coefficient (Wildman–Crippen LogP) is 3.96. The highest BCUT2D eigenvalue weighted by atomic mass is 35.5. The van der Waals surface area contributed by atoms with Crippen LogP contribution in [0.5, 0.6) is 11.5 Å². The molecule has 1 aliphatic rings. The Morgan fingerprint density at radius 1 is 1.21 bits per heavy atom. The summed E-state index contributed by atoms with van der Waals surface area (Å²) in [6.07, 6.45) is 0.957. The van der Waals surface area contributed by atoms with Crippen LogP contribution in [0, 0.1) is 0 Å². The molecule has 0 bridgehead atoms. The van der Waals surface area contributed by atoms with Gasteiger partial charge in [0.05, 0.1) is 19.1 Å². The lowest BCUT2D eigenvalue weighted by molar-refractivity contribution is 0.357. The van der Waals surface area contributed by atoms with Crippen molar-refractivity contribution in [1.29, 1.82) is 0 Å². The van der Waals surface area contributed by atoms with Crippen molar-refractivity contribution < 1.29 is 9.47 Å². The Balaban J connectivity index is 1.97. The van der Waals surface area contributed by atoms with E-state index >= 15 is 0 Å². The molecule has 1 unspecified atom stereocenters. The van der Waals surface area contributed by atoms with Crippen molar-refractivity contribution >= 4 is 11.6 Å². The topological polar surface area (TPSA) is 18.5 Å². The minimum Gasteiger partial charge on any atom is -0.496 e. The van der Waals surface area contributed by atoms with Crippen LogP contribution < -0.4 is 9.47 Å². The summed E-state index contributed by atoms with van der Waals surface area (Å²) in [5, 5.41) is -0.206. The molecule has 0 aliphatic carbocycles. The van der Waals surface area contributed by atoms with E-state index in [1.807, 2.05) is 36.4 Å². The minimum atomic E-state index is -0.206. The van der Waals surface area contributed by atoms with Gasteiger partial charge in [-0.1, -0.05) is 30.3 Å². The largest absolute Gasteiger partial charge is 0.496 e. The van der Waals surface area contributed by atoms with Crippen molar-refractivity contribution in [1.82, 2.24) is 0 Å². The van der Waals surface area contributed by atoms with Gasteiger partial charge >= 0.3 is 0 Å².